The summed E-state index contributed by atoms with van der Waals surface area (Å²) in [5, 5.41) is 8.83. The number of anilines is 1. The third-order valence-electron chi connectivity index (χ3n) is 2.16. The van der Waals surface area contributed by atoms with Crippen LogP contribution in [-0.4, -0.2) is 21.1 Å². The number of hydrogen-bond donors (Lipinski definition) is 2. The molecule has 0 atom stereocenters. The number of rotatable bonds is 2. The van der Waals surface area contributed by atoms with Crippen LogP contribution in [0.4, 0.5) is 5.95 Å². The summed E-state index contributed by atoms with van der Waals surface area (Å²) in [6, 6.07) is 5.46. The monoisotopic (exact) mass is 280 g/mol. The van der Waals surface area contributed by atoms with Gasteiger partial charge in [0, 0.05) is 10.0 Å². The minimum Gasteiger partial charge on any atom is -0.291 e. The number of amides is 1. The number of hydrogen-bond acceptors (Lipinski definition) is 3. The third kappa shape index (κ3) is 2.11. The van der Waals surface area contributed by atoms with Gasteiger partial charge in [-0.15, -0.1) is 0 Å². The summed E-state index contributed by atoms with van der Waals surface area (Å²) < 4.78 is 0.901. The lowest BCUT2D eigenvalue weighted by Crippen LogP contribution is -2.14. The lowest BCUT2D eigenvalue weighted by atomic mass is 10.1. The van der Waals surface area contributed by atoms with Crippen LogP contribution >= 0.6 is 15.9 Å². The normalized spacial score (nSPS) is 10.1. The van der Waals surface area contributed by atoms with Crippen LogP contribution in [0.3, 0.4) is 0 Å². The Balaban J connectivity index is 2.24. The Hall–Kier alpha value is -1.69. The van der Waals surface area contributed by atoms with E-state index in [9.17, 15) is 4.79 Å². The molecule has 0 saturated heterocycles. The average molecular weight is 281 g/mol. The van der Waals surface area contributed by atoms with E-state index in [-0.39, 0.29) is 5.91 Å². The first kappa shape index (κ1) is 10.8. The summed E-state index contributed by atoms with van der Waals surface area (Å²) in [5.74, 6) is 0.125. The molecule has 0 fully saturated rings. The Kier molecular flexibility index (Phi) is 3.00. The van der Waals surface area contributed by atoms with Gasteiger partial charge in [-0.3, -0.25) is 10.1 Å². The van der Waals surface area contributed by atoms with E-state index in [4.69, 9.17) is 0 Å². The van der Waals surface area contributed by atoms with Gasteiger partial charge in [0.05, 0.1) is 0 Å². The van der Waals surface area contributed by atoms with Crippen molar-refractivity contribution in [1.29, 1.82) is 0 Å². The molecule has 82 valence electrons. The van der Waals surface area contributed by atoms with E-state index < -0.39 is 0 Å². The SMILES string of the molecule is Cc1c(Br)cccc1C(=O)Nc1ncn[nH]1. The fraction of sp³-hybridized carbons (Fsp3) is 0.100. The number of halogens is 1. The Bertz CT molecular complexity index is 510. The molecule has 0 spiro atoms. The molecule has 0 aliphatic rings. The van der Waals surface area contributed by atoms with Crippen molar-refractivity contribution >= 4 is 27.8 Å². The highest BCUT2D eigenvalue weighted by atomic mass is 79.9. The molecule has 0 radical (unpaired) electrons. The molecule has 2 rings (SSSR count). The second-order valence-electron chi connectivity index (χ2n) is 3.20. The predicted octanol–water partition coefficient (Wildman–Crippen LogP) is 2.13. The highest BCUT2D eigenvalue weighted by Gasteiger charge is 2.11. The van der Waals surface area contributed by atoms with Gasteiger partial charge in [-0.2, -0.15) is 10.1 Å². The smallest absolute Gasteiger partial charge is 0.258 e. The van der Waals surface area contributed by atoms with Crippen molar-refractivity contribution in [2.75, 3.05) is 5.32 Å². The van der Waals surface area contributed by atoms with Crippen LogP contribution in [0.2, 0.25) is 0 Å². The molecule has 1 aromatic heterocycles. The molecular weight excluding hydrogens is 272 g/mol. The summed E-state index contributed by atoms with van der Waals surface area (Å²) in [5.41, 5.74) is 1.49. The van der Waals surface area contributed by atoms with Crippen LogP contribution in [0, 0.1) is 6.92 Å². The van der Waals surface area contributed by atoms with E-state index in [1.807, 2.05) is 19.1 Å². The molecule has 1 aromatic carbocycles. The van der Waals surface area contributed by atoms with Crippen molar-refractivity contribution in [3.63, 3.8) is 0 Å². The van der Waals surface area contributed by atoms with Crippen molar-refractivity contribution in [3.05, 3.63) is 40.1 Å². The largest absolute Gasteiger partial charge is 0.291 e. The van der Waals surface area contributed by atoms with Gasteiger partial charge in [-0.25, -0.2) is 5.10 Å². The first-order valence-corrected chi connectivity index (χ1v) is 5.39. The van der Waals surface area contributed by atoms with Crippen molar-refractivity contribution in [2.45, 2.75) is 6.92 Å². The standard InChI is InChI=1S/C10H9BrN4O/c1-6-7(3-2-4-8(6)11)9(16)14-10-12-5-13-15-10/h2-5H,1H3,(H2,12,13,14,15,16). The second kappa shape index (κ2) is 4.44. The van der Waals surface area contributed by atoms with Crippen LogP contribution in [0.15, 0.2) is 29.0 Å². The van der Waals surface area contributed by atoms with Gasteiger partial charge >= 0.3 is 0 Å². The Morgan fingerprint density at radius 3 is 3.00 bits per heavy atom. The first-order valence-electron chi connectivity index (χ1n) is 4.60. The maximum absolute atomic E-state index is 11.9. The molecular formula is C10H9BrN4O. The molecule has 1 amide bonds. The molecule has 2 N–H and O–H groups in total. The van der Waals surface area contributed by atoms with E-state index in [1.54, 1.807) is 6.07 Å². The van der Waals surface area contributed by atoms with Crippen molar-refractivity contribution in [1.82, 2.24) is 15.2 Å². The quantitative estimate of drug-likeness (QED) is 0.885. The fourth-order valence-corrected chi connectivity index (χ4v) is 1.66. The number of carbonyl (C=O) groups is 1. The number of aromatic amines is 1. The molecule has 2 aromatic rings. The topological polar surface area (TPSA) is 70.7 Å². The number of aromatic nitrogens is 3. The summed E-state index contributed by atoms with van der Waals surface area (Å²) in [6.07, 6.45) is 1.34. The molecule has 5 nitrogen and oxygen atoms in total. The van der Waals surface area contributed by atoms with Crippen molar-refractivity contribution in [2.24, 2.45) is 0 Å². The Morgan fingerprint density at radius 2 is 2.31 bits per heavy atom. The minimum atomic E-state index is -0.212. The summed E-state index contributed by atoms with van der Waals surface area (Å²) in [4.78, 5) is 15.7. The maximum Gasteiger partial charge on any atom is 0.258 e. The van der Waals surface area contributed by atoms with Gasteiger partial charge in [0.15, 0.2) is 0 Å². The predicted molar refractivity (Wildman–Crippen MR) is 63.2 cm³/mol. The van der Waals surface area contributed by atoms with Gasteiger partial charge in [-0.05, 0) is 24.6 Å². The average Bonchev–Trinajstić information content (AvgIpc) is 2.74. The van der Waals surface area contributed by atoms with Crippen LogP contribution in [0.1, 0.15) is 15.9 Å². The first-order chi connectivity index (χ1) is 7.68. The van der Waals surface area contributed by atoms with Crippen LogP contribution in [-0.2, 0) is 0 Å². The van der Waals surface area contributed by atoms with Crippen molar-refractivity contribution in [3.8, 4) is 0 Å². The molecule has 0 unspecified atom stereocenters. The minimum absolute atomic E-state index is 0.212. The van der Waals surface area contributed by atoms with Crippen LogP contribution in [0.25, 0.3) is 0 Å². The molecule has 16 heavy (non-hydrogen) atoms. The summed E-state index contributed by atoms with van der Waals surface area (Å²) in [7, 11) is 0. The zero-order valence-electron chi connectivity index (χ0n) is 8.49. The third-order valence-corrected chi connectivity index (χ3v) is 3.02. The molecule has 0 aliphatic heterocycles. The van der Waals surface area contributed by atoms with Gasteiger partial charge in [0.2, 0.25) is 5.95 Å². The Labute approximate surface area is 100 Å². The zero-order valence-corrected chi connectivity index (χ0v) is 10.1. The van der Waals surface area contributed by atoms with Gasteiger partial charge in [-0.1, -0.05) is 22.0 Å². The summed E-state index contributed by atoms with van der Waals surface area (Å²) in [6.45, 7) is 1.87. The lowest BCUT2D eigenvalue weighted by molar-refractivity contribution is 0.102. The van der Waals surface area contributed by atoms with Gasteiger partial charge in [0.25, 0.3) is 5.91 Å². The number of nitrogens with zero attached hydrogens (tertiary/aromatic N) is 2. The van der Waals surface area contributed by atoms with Gasteiger partial charge < -0.3 is 0 Å². The molecule has 0 saturated carbocycles. The number of nitrogens with one attached hydrogen (secondary N) is 2. The highest BCUT2D eigenvalue weighted by molar-refractivity contribution is 9.10. The summed E-state index contributed by atoms with van der Waals surface area (Å²) >= 11 is 3.38. The lowest BCUT2D eigenvalue weighted by Gasteiger charge is -2.06. The fourth-order valence-electron chi connectivity index (χ4n) is 1.29. The molecule has 6 heteroatoms. The van der Waals surface area contributed by atoms with Gasteiger partial charge in [0.1, 0.15) is 6.33 Å². The Morgan fingerprint density at radius 1 is 1.50 bits per heavy atom. The van der Waals surface area contributed by atoms with E-state index in [1.165, 1.54) is 6.33 Å². The molecule has 0 bridgehead atoms. The zero-order chi connectivity index (χ0) is 11.5. The highest BCUT2D eigenvalue weighted by Crippen LogP contribution is 2.19. The van der Waals surface area contributed by atoms with E-state index in [2.05, 4.69) is 36.4 Å². The van der Waals surface area contributed by atoms with E-state index in [0.29, 0.717) is 11.5 Å². The van der Waals surface area contributed by atoms with E-state index in [0.717, 1.165) is 10.0 Å². The van der Waals surface area contributed by atoms with Crippen molar-refractivity contribution < 1.29 is 4.79 Å². The van der Waals surface area contributed by atoms with Crippen LogP contribution < -0.4 is 5.32 Å². The number of H-pyrrole nitrogens is 1. The number of benzene rings is 1. The second-order valence-corrected chi connectivity index (χ2v) is 4.05. The molecule has 1 heterocycles. The van der Waals surface area contributed by atoms with Crippen LogP contribution in [0.5, 0.6) is 0 Å². The maximum atomic E-state index is 11.9. The number of carbonyl (C=O) groups excluding carboxylic acids is 1. The van der Waals surface area contributed by atoms with E-state index >= 15 is 0 Å². The molecule has 0 aliphatic carbocycles.